The van der Waals surface area contributed by atoms with Crippen LogP contribution >= 0.6 is 15.9 Å². The summed E-state index contributed by atoms with van der Waals surface area (Å²) in [6.45, 7) is 6.42. The van der Waals surface area contributed by atoms with E-state index in [2.05, 4.69) is 59.9 Å². The molecular weight excluding hydrogens is 250 g/mol. The van der Waals surface area contributed by atoms with Crippen LogP contribution in [0.5, 0.6) is 0 Å². The lowest BCUT2D eigenvalue weighted by Gasteiger charge is -2.10. The Kier molecular flexibility index (Phi) is 2.79. The van der Waals surface area contributed by atoms with Crippen molar-refractivity contribution < 1.29 is 0 Å². The standard InChI is InChI=1S/C13H14BrN/c1-8(2)13-12(14)11-5-4-9(3)6-10(11)7-15-13/h4-8H,1-3H3. The minimum atomic E-state index is 0.449. The van der Waals surface area contributed by atoms with E-state index in [1.807, 2.05) is 6.20 Å². The molecule has 1 nitrogen and oxygen atoms in total. The molecule has 2 rings (SSSR count). The summed E-state index contributed by atoms with van der Waals surface area (Å²) in [6.07, 6.45) is 1.96. The van der Waals surface area contributed by atoms with Crippen LogP contribution in [0, 0.1) is 6.92 Å². The summed E-state index contributed by atoms with van der Waals surface area (Å²) in [5.74, 6) is 0.449. The highest BCUT2D eigenvalue weighted by atomic mass is 79.9. The summed E-state index contributed by atoms with van der Waals surface area (Å²) < 4.78 is 1.13. The van der Waals surface area contributed by atoms with Gasteiger partial charge in [-0.25, -0.2) is 0 Å². The van der Waals surface area contributed by atoms with Crippen LogP contribution in [-0.4, -0.2) is 4.98 Å². The molecule has 0 bridgehead atoms. The highest BCUT2D eigenvalue weighted by Crippen LogP contribution is 2.30. The normalized spacial score (nSPS) is 11.3. The first-order valence-corrected chi connectivity index (χ1v) is 5.93. The number of fused-ring (bicyclic) bond motifs is 1. The maximum absolute atomic E-state index is 4.50. The van der Waals surface area contributed by atoms with Gasteiger partial charge >= 0.3 is 0 Å². The molecule has 0 spiro atoms. The number of nitrogens with zero attached hydrogens (tertiary/aromatic N) is 1. The zero-order valence-electron chi connectivity index (χ0n) is 9.21. The van der Waals surface area contributed by atoms with Gasteiger partial charge < -0.3 is 0 Å². The van der Waals surface area contributed by atoms with E-state index in [1.165, 1.54) is 16.3 Å². The second-order valence-electron chi connectivity index (χ2n) is 4.20. The van der Waals surface area contributed by atoms with E-state index in [0.29, 0.717) is 5.92 Å². The molecule has 0 aliphatic rings. The van der Waals surface area contributed by atoms with Crippen molar-refractivity contribution in [2.75, 3.05) is 0 Å². The molecule has 0 atom stereocenters. The van der Waals surface area contributed by atoms with Crippen LogP contribution in [0.3, 0.4) is 0 Å². The summed E-state index contributed by atoms with van der Waals surface area (Å²) in [5, 5.41) is 2.45. The van der Waals surface area contributed by atoms with Crippen LogP contribution in [0.25, 0.3) is 10.8 Å². The summed E-state index contributed by atoms with van der Waals surface area (Å²) >= 11 is 3.64. The molecular formula is C13H14BrN. The predicted molar refractivity (Wildman–Crippen MR) is 68.3 cm³/mol. The van der Waals surface area contributed by atoms with Gasteiger partial charge in [-0.15, -0.1) is 0 Å². The molecule has 0 unspecified atom stereocenters. The monoisotopic (exact) mass is 263 g/mol. The highest BCUT2D eigenvalue weighted by Gasteiger charge is 2.09. The largest absolute Gasteiger partial charge is 0.259 e. The third kappa shape index (κ3) is 1.91. The van der Waals surface area contributed by atoms with Crippen LogP contribution < -0.4 is 0 Å². The SMILES string of the molecule is Cc1ccc2c(Br)c(C(C)C)ncc2c1. The van der Waals surface area contributed by atoms with Gasteiger partial charge in [0, 0.05) is 16.1 Å². The molecule has 2 heteroatoms. The predicted octanol–water partition coefficient (Wildman–Crippen LogP) is 4.43. The highest BCUT2D eigenvalue weighted by molar-refractivity contribution is 9.10. The van der Waals surface area contributed by atoms with Crippen LogP contribution in [-0.2, 0) is 0 Å². The third-order valence-corrected chi connectivity index (χ3v) is 3.39. The van der Waals surface area contributed by atoms with Gasteiger partial charge in [0.05, 0.1) is 5.69 Å². The van der Waals surface area contributed by atoms with Crippen LogP contribution in [0.2, 0.25) is 0 Å². The summed E-state index contributed by atoms with van der Waals surface area (Å²) in [5.41, 5.74) is 2.40. The van der Waals surface area contributed by atoms with E-state index < -0.39 is 0 Å². The van der Waals surface area contributed by atoms with Crippen molar-refractivity contribution in [3.05, 3.63) is 40.1 Å². The number of pyridine rings is 1. The number of hydrogen-bond donors (Lipinski definition) is 0. The first-order chi connectivity index (χ1) is 7.09. The van der Waals surface area contributed by atoms with Gasteiger partial charge in [0.1, 0.15) is 0 Å². The number of aromatic nitrogens is 1. The lowest BCUT2D eigenvalue weighted by molar-refractivity contribution is 0.820. The third-order valence-electron chi connectivity index (χ3n) is 2.56. The smallest absolute Gasteiger partial charge is 0.0577 e. The van der Waals surface area contributed by atoms with Crippen molar-refractivity contribution in [2.24, 2.45) is 0 Å². The quantitative estimate of drug-likeness (QED) is 0.742. The van der Waals surface area contributed by atoms with Crippen LogP contribution in [0.15, 0.2) is 28.9 Å². The van der Waals surface area contributed by atoms with E-state index in [0.717, 1.165) is 10.2 Å². The van der Waals surface area contributed by atoms with Crippen molar-refractivity contribution in [1.82, 2.24) is 4.98 Å². The van der Waals surface area contributed by atoms with Gasteiger partial charge in [-0.1, -0.05) is 31.5 Å². The van der Waals surface area contributed by atoms with Crippen molar-refractivity contribution in [1.29, 1.82) is 0 Å². The molecule has 78 valence electrons. The lowest BCUT2D eigenvalue weighted by atomic mass is 10.0. The Balaban J connectivity index is 2.74. The van der Waals surface area contributed by atoms with Crippen molar-refractivity contribution in [2.45, 2.75) is 26.7 Å². The first-order valence-electron chi connectivity index (χ1n) is 5.14. The van der Waals surface area contributed by atoms with E-state index >= 15 is 0 Å². The number of halogens is 1. The Bertz CT molecular complexity index is 503. The molecule has 0 saturated heterocycles. The fraction of sp³-hybridized carbons (Fsp3) is 0.308. The van der Waals surface area contributed by atoms with E-state index in [-0.39, 0.29) is 0 Å². The Hall–Kier alpha value is -0.890. The molecule has 0 aliphatic carbocycles. The molecule has 1 heterocycles. The van der Waals surface area contributed by atoms with Crippen LogP contribution in [0.4, 0.5) is 0 Å². The topological polar surface area (TPSA) is 12.9 Å². The Labute approximate surface area is 98.7 Å². The van der Waals surface area contributed by atoms with Gasteiger partial charge in [0.25, 0.3) is 0 Å². The minimum absolute atomic E-state index is 0.449. The summed E-state index contributed by atoms with van der Waals surface area (Å²) in [6, 6.07) is 6.46. The van der Waals surface area contributed by atoms with Gasteiger partial charge in [-0.05, 0) is 40.2 Å². The fourth-order valence-electron chi connectivity index (χ4n) is 1.73. The second-order valence-corrected chi connectivity index (χ2v) is 5.00. The van der Waals surface area contributed by atoms with Gasteiger partial charge in [0.2, 0.25) is 0 Å². The Morgan fingerprint density at radius 2 is 2.00 bits per heavy atom. The summed E-state index contributed by atoms with van der Waals surface area (Å²) in [7, 11) is 0. The van der Waals surface area contributed by atoms with Crippen molar-refractivity contribution in [3.8, 4) is 0 Å². The number of benzene rings is 1. The van der Waals surface area contributed by atoms with Gasteiger partial charge in [-0.3, -0.25) is 4.98 Å². The molecule has 0 N–H and O–H groups in total. The molecule has 1 aromatic heterocycles. The minimum Gasteiger partial charge on any atom is -0.259 e. The van der Waals surface area contributed by atoms with Gasteiger partial charge in [0.15, 0.2) is 0 Å². The molecule has 0 fully saturated rings. The second kappa shape index (κ2) is 3.93. The lowest BCUT2D eigenvalue weighted by Crippen LogP contribution is -1.94. The average molecular weight is 264 g/mol. The first kappa shape index (κ1) is 10.6. The van der Waals surface area contributed by atoms with Crippen molar-refractivity contribution >= 4 is 26.7 Å². The van der Waals surface area contributed by atoms with Gasteiger partial charge in [-0.2, -0.15) is 0 Å². The van der Waals surface area contributed by atoms with Crippen LogP contribution in [0.1, 0.15) is 31.0 Å². The summed E-state index contributed by atoms with van der Waals surface area (Å²) in [4.78, 5) is 4.50. The molecule has 15 heavy (non-hydrogen) atoms. The average Bonchev–Trinajstić information content (AvgIpc) is 2.17. The van der Waals surface area contributed by atoms with Crippen molar-refractivity contribution in [3.63, 3.8) is 0 Å². The number of hydrogen-bond acceptors (Lipinski definition) is 1. The molecule has 1 aromatic carbocycles. The number of rotatable bonds is 1. The maximum Gasteiger partial charge on any atom is 0.0577 e. The fourth-order valence-corrected chi connectivity index (χ4v) is 2.65. The molecule has 0 aliphatic heterocycles. The molecule has 2 aromatic rings. The molecule has 0 radical (unpaired) electrons. The zero-order chi connectivity index (χ0) is 11.0. The van der Waals surface area contributed by atoms with E-state index in [1.54, 1.807) is 0 Å². The molecule has 0 saturated carbocycles. The Morgan fingerprint density at radius 1 is 1.27 bits per heavy atom. The Morgan fingerprint density at radius 3 is 2.67 bits per heavy atom. The van der Waals surface area contributed by atoms with E-state index in [4.69, 9.17) is 0 Å². The molecule has 0 amide bonds. The van der Waals surface area contributed by atoms with E-state index in [9.17, 15) is 0 Å². The number of aryl methyl sites for hydroxylation is 1. The zero-order valence-corrected chi connectivity index (χ0v) is 10.8. The maximum atomic E-state index is 4.50.